The number of rotatable bonds is 5. The number of benzene rings is 2. The summed E-state index contributed by atoms with van der Waals surface area (Å²) in [4.78, 5) is 12.2. The molecule has 0 aliphatic carbocycles. The van der Waals surface area contributed by atoms with Crippen molar-refractivity contribution in [2.75, 3.05) is 5.32 Å². The van der Waals surface area contributed by atoms with E-state index in [-0.39, 0.29) is 4.90 Å². The second kappa shape index (κ2) is 7.12. The highest BCUT2D eigenvalue weighted by Crippen LogP contribution is 2.15. The minimum Gasteiger partial charge on any atom is -0.325 e. The van der Waals surface area contributed by atoms with E-state index in [4.69, 9.17) is 11.6 Å². The minimum atomic E-state index is -3.79. The van der Waals surface area contributed by atoms with Crippen LogP contribution in [0.25, 0.3) is 0 Å². The number of halogens is 1. The van der Waals surface area contributed by atoms with Gasteiger partial charge in [-0.1, -0.05) is 29.3 Å². The predicted octanol–water partition coefficient (Wildman–Crippen LogP) is 2.95. The lowest BCUT2D eigenvalue weighted by atomic mass is 10.2. The third-order valence-electron chi connectivity index (χ3n) is 3.17. The van der Waals surface area contributed by atoms with Crippen LogP contribution in [-0.2, 0) is 14.8 Å². The van der Waals surface area contributed by atoms with Crippen LogP contribution in [0.2, 0.25) is 5.02 Å². The van der Waals surface area contributed by atoms with Crippen molar-refractivity contribution < 1.29 is 13.2 Å². The van der Waals surface area contributed by atoms with Gasteiger partial charge in [-0.2, -0.15) is 4.72 Å². The smallest absolute Gasteiger partial charge is 0.242 e. The third kappa shape index (κ3) is 4.79. The number of anilines is 1. The molecule has 0 bridgehead atoms. The summed E-state index contributed by atoms with van der Waals surface area (Å²) in [5.41, 5.74) is 1.68. The molecule has 1 atom stereocenters. The Morgan fingerprint density at radius 3 is 2.17 bits per heavy atom. The van der Waals surface area contributed by atoms with E-state index in [0.29, 0.717) is 10.7 Å². The molecule has 2 aromatic rings. The molecule has 0 radical (unpaired) electrons. The maximum atomic E-state index is 12.2. The third-order valence-corrected chi connectivity index (χ3v) is 4.98. The van der Waals surface area contributed by atoms with Gasteiger partial charge in [-0.15, -0.1) is 0 Å². The Labute approximate surface area is 140 Å². The first-order valence-corrected chi connectivity index (χ1v) is 8.79. The number of carbonyl (C=O) groups excluding carboxylic acids is 1. The number of nitrogens with one attached hydrogen (secondary N) is 2. The topological polar surface area (TPSA) is 75.3 Å². The van der Waals surface area contributed by atoms with Gasteiger partial charge >= 0.3 is 0 Å². The van der Waals surface area contributed by atoms with Crippen LogP contribution in [0.5, 0.6) is 0 Å². The van der Waals surface area contributed by atoms with Crippen molar-refractivity contribution >= 4 is 33.2 Å². The van der Waals surface area contributed by atoms with Crippen LogP contribution >= 0.6 is 11.6 Å². The number of amides is 1. The SMILES string of the molecule is Cc1ccc(NC(=O)[C@H](C)NS(=O)(=O)c2ccc(Cl)cc2)cc1. The van der Waals surface area contributed by atoms with Gasteiger partial charge in [0.25, 0.3) is 0 Å². The number of sulfonamides is 1. The van der Waals surface area contributed by atoms with E-state index >= 15 is 0 Å². The summed E-state index contributed by atoms with van der Waals surface area (Å²) in [5, 5.41) is 3.10. The van der Waals surface area contributed by atoms with E-state index in [1.54, 1.807) is 12.1 Å². The highest BCUT2D eigenvalue weighted by Gasteiger charge is 2.22. The molecule has 5 nitrogen and oxygen atoms in total. The zero-order valence-electron chi connectivity index (χ0n) is 12.7. The highest BCUT2D eigenvalue weighted by atomic mass is 35.5. The zero-order chi connectivity index (χ0) is 17.0. The largest absolute Gasteiger partial charge is 0.325 e. The lowest BCUT2D eigenvalue weighted by Crippen LogP contribution is -2.41. The average molecular weight is 353 g/mol. The molecule has 0 aliphatic rings. The first-order chi connectivity index (χ1) is 10.8. The maximum Gasteiger partial charge on any atom is 0.242 e. The summed E-state index contributed by atoms with van der Waals surface area (Å²) in [7, 11) is -3.79. The van der Waals surface area contributed by atoms with Crippen LogP contribution in [0, 0.1) is 6.92 Å². The molecule has 0 fully saturated rings. The Bertz CT molecular complexity index is 787. The van der Waals surface area contributed by atoms with E-state index in [9.17, 15) is 13.2 Å². The first kappa shape index (κ1) is 17.5. The Hall–Kier alpha value is -1.89. The maximum absolute atomic E-state index is 12.2. The molecule has 0 aliphatic heterocycles. The predicted molar refractivity (Wildman–Crippen MR) is 91.0 cm³/mol. The standard InChI is InChI=1S/C16H17ClN2O3S/c1-11-3-7-14(8-4-11)18-16(20)12(2)19-23(21,22)15-9-5-13(17)6-10-15/h3-10,12,19H,1-2H3,(H,18,20)/t12-/m0/s1. The number of hydrogen-bond donors (Lipinski definition) is 2. The molecule has 0 heterocycles. The van der Waals surface area contributed by atoms with Gasteiger partial charge in [0.05, 0.1) is 10.9 Å². The lowest BCUT2D eigenvalue weighted by Gasteiger charge is -2.14. The van der Waals surface area contributed by atoms with E-state index in [0.717, 1.165) is 5.56 Å². The molecular weight excluding hydrogens is 336 g/mol. The minimum absolute atomic E-state index is 0.0527. The Morgan fingerprint density at radius 1 is 1.04 bits per heavy atom. The fraction of sp³-hybridized carbons (Fsp3) is 0.188. The van der Waals surface area contributed by atoms with Gasteiger partial charge in [-0.3, -0.25) is 4.79 Å². The molecule has 23 heavy (non-hydrogen) atoms. The zero-order valence-corrected chi connectivity index (χ0v) is 14.3. The fourth-order valence-corrected chi connectivity index (χ4v) is 3.18. The molecule has 122 valence electrons. The molecule has 0 unspecified atom stereocenters. The van der Waals surface area contributed by atoms with Gasteiger partial charge < -0.3 is 5.32 Å². The average Bonchev–Trinajstić information content (AvgIpc) is 2.49. The normalized spacial score (nSPS) is 12.7. The molecule has 1 amide bonds. The second-order valence-corrected chi connectivity index (χ2v) is 7.30. The number of carbonyl (C=O) groups is 1. The van der Waals surface area contributed by atoms with Gasteiger partial charge in [-0.05, 0) is 50.2 Å². The van der Waals surface area contributed by atoms with Crippen molar-refractivity contribution in [3.8, 4) is 0 Å². The lowest BCUT2D eigenvalue weighted by molar-refractivity contribution is -0.117. The fourth-order valence-electron chi connectivity index (χ4n) is 1.86. The van der Waals surface area contributed by atoms with Crippen LogP contribution in [0.4, 0.5) is 5.69 Å². The van der Waals surface area contributed by atoms with Crippen molar-refractivity contribution in [1.82, 2.24) is 4.72 Å². The van der Waals surface area contributed by atoms with Crippen molar-refractivity contribution in [2.24, 2.45) is 0 Å². The quantitative estimate of drug-likeness (QED) is 0.868. The monoisotopic (exact) mass is 352 g/mol. The molecule has 2 N–H and O–H groups in total. The molecule has 0 aromatic heterocycles. The van der Waals surface area contributed by atoms with Crippen molar-refractivity contribution in [3.63, 3.8) is 0 Å². The first-order valence-electron chi connectivity index (χ1n) is 6.93. The highest BCUT2D eigenvalue weighted by molar-refractivity contribution is 7.89. The summed E-state index contributed by atoms with van der Waals surface area (Å²) in [6, 6.07) is 12.0. The van der Waals surface area contributed by atoms with Crippen molar-refractivity contribution in [3.05, 3.63) is 59.1 Å². The Kier molecular flexibility index (Phi) is 5.41. The van der Waals surface area contributed by atoms with E-state index < -0.39 is 22.0 Å². The van der Waals surface area contributed by atoms with Gasteiger partial charge in [0.1, 0.15) is 0 Å². The molecule has 0 spiro atoms. The van der Waals surface area contributed by atoms with E-state index in [2.05, 4.69) is 10.0 Å². The molecule has 2 rings (SSSR count). The Morgan fingerprint density at radius 2 is 1.61 bits per heavy atom. The summed E-state index contributed by atoms with van der Waals surface area (Å²) in [6.45, 7) is 3.42. The van der Waals surface area contributed by atoms with Crippen LogP contribution in [0.3, 0.4) is 0 Å². The summed E-state index contributed by atoms with van der Waals surface area (Å²) in [6.07, 6.45) is 0. The van der Waals surface area contributed by atoms with E-state index in [1.165, 1.54) is 31.2 Å². The van der Waals surface area contributed by atoms with Crippen LogP contribution in [-0.4, -0.2) is 20.4 Å². The molecule has 0 saturated carbocycles. The van der Waals surface area contributed by atoms with Gasteiger partial charge in [0, 0.05) is 10.7 Å². The van der Waals surface area contributed by atoms with Crippen LogP contribution in [0.15, 0.2) is 53.4 Å². The van der Waals surface area contributed by atoms with Gasteiger partial charge in [0.2, 0.25) is 15.9 Å². The summed E-state index contributed by atoms with van der Waals surface area (Å²) >= 11 is 5.74. The van der Waals surface area contributed by atoms with Crippen molar-refractivity contribution in [1.29, 1.82) is 0 Å². The van der Waals surface area contributed by atoms with Crippen molar-refractivity contribution in [2.45, 2.75) is 24.8 Å². The number of hydrogen-bond acceptors (Lipinski definition) is 3. The summed E-state index contributed by atoms with van der Waals surface area (Å²) < 4.78 is 26.8. The van der Waals surface area contributed by atoms with Crippen LogP contribution in [0.1, 0.15) is 12.5 Å². The summed E-state index contributed by atoms with van der Waals surface area (Å²) in [5.74, 6) is -0.439. The van der Waals surface area contributed by atoms with Gasteiger partial charge in [-0.25, -0.2) is 8.42 Å². The molecule has 2 aromatic carbocycles. The molecule has 0 saturated heterocycles. The van der Waals surface area contributed by atoms with Gasteiger partial charge in [0.15, 0.2) is 0 Å². The van der Waals surface area contributed by atoms with E-state index in [1.807, 2.05) is 19.1 Å². The second-order valence-electron chi connectivity index (χ2n) is 5.15. The van der Waals surface area contributed by atoms with Crippen LogP contribution < -0.4 is 10.0 Å². The number of aryl methyl sites for hydroxylation is 1. The Balaban J connectivity index is 2.05. The molecule has 7 heteroatoms. The molecular formula is C16H17ClN2O3S.